The third-order valence-corrected chi connectivity index (χ3v) is 4.78. The van der Waals surface area contributed by atoms with Crippen LogP contribution in [0.3, 0.4) is 0 Å². The van der Waals surface area contributed by atoms with Gasteiger partial charge in [0.25, 0.3) is 5.91 Å². The molecule has 0 bridgehead atoms. The number of hydrogen-bond acceptors (Lipinski definition) is 3. The van der Waals surface area contributed by atoms with Gasteiger partial charge in [-0.05, 0) is 24.3 Å². The summed E-state index contributed by atoms with van der Waals surface area (Å²) in [6.45, 7) is 0.522. The average molecular weight is 409 g/mol. The van der Waals surface area contributed by atoms with E-state index >= 15 is 0 Å². The SMILES string of the molecule is N#CCCn1cc(/C=C(\C#N)C(=O)Nc2c(Cl)cccc2Cl)c2ccccc21. The zero-order valence-electron chi connectivity index (χ0n) is 14.6. The van der Waals surface area contributed by atoms with E-state index in [1.807, 2.05) is 41.1 Å². The molecule has 7 heteroatoms. The first-order valence-corrected chi connectivity index (χ1v) is 9.12. The molecule has 138 valence electrons. The molecule has 3 rings (SSSR count). The zero-order chi connectivity index (χ0) is 20.1. The number of carbonyl (C=O) groups is 1. The van der Waals surface area contributed by atoms with E-state index < -0.39 is 5.91 Å². The normalized spacial score (nSPS) is 11.1. The van der Waals surface area contributed by atoms with Crippen LogP contribution in [-0.4, -0.2) is 10.5 Å². The minimum atomic E-state index is -0.605. The van der Waals surface area contributed by atoms with E-state index in [1.165, 1.54) is 6.08 Å². The molecule has 0 saturated carbocycles. The number of benzene rings is 2. The first-order valence-electron chi connectivity index (χ1n) is 8.37. The van der Waals surface area contributed by atoms with Gasteiger partial charge in [0, 0.05) is 29.2 Å². The Morgan fingerprint density at radius 2 is 1.82 bits per heavy atom. The van der Waals surface area contributed by atoms with Crippen LogP contribution >= 0.6 is 23.2 Å². The molecular formula is C21H14Cl2N4O. The highest BCUT2D eigenvalue weighted by molar-refractivity contribution is 6.40. The fourth-order valence-corrected chi connectivity index (χ4v) is 3.34. The monoisotopic (exact) mass is 408 g/mol. The number of aryl methyl sites for hydroxylation is 1. The molecule has 1 amide bonds. The molecule has 0 aliphatic heterocycles. The van der Waals surface area contributed by atoms with Crippen molar-refractivity contribution in [2.75, 3.05) is 5.32 Å². The molecule has 28 heavy (non-hydrogen) atoms. The molecule has 0 radical (unpaired) electrons. The average Bonchev–Trinajstić information content (AvgIpc) is 3.05. The second-order valence-corrected chi connectivity index (χ2v) is 6.74. The van der Waals surface area contributed by atoms with E-state index in [4.69, 9.17) is 28.5 Å². The van der Waals surface area contributed by atoms with Crippen molar-refractivity contribution in [1.29, 1.82) is 10.5 Å². The van der Waals surface area contributed by atoms with Gasteiger partial charge in [-0.15, -0.1) is 0 Å². The molecular weight excluding hydrogens is 395 g/mol. The van der Waals surface area contributed by atoms with E-state index in [-0.39, 0.29) is 21.3 Å². The maximum Gasteiger partial charge on any atom is 0.266 e. The lowest BCUT2D eigenvalue weighted by molar-refractivity contribution is -0.112. The van der Waals surface area contributed by atoms with Crippen LogP contribution < -0.4 is 5.32 Å². The fraction of sp³-hybridized carbons (Fsp3) is 0.0952. The van der Waals surface area contributed by atoms with Crippen molar-refractivity contribution >= 4 is 51.8 Å². The largest absolute Gasteiger partial charge is 0.346 e. The number of amides is 1. The molecule has 0 spiro atoms. The number of fused-ring (bicyclic) bond motifs is 1. The first-order chi connectivity index (χ1) is 13.5. The van der Waals surface area contributed by atoms with Gasteiger partial charge in [0.2, 0.25) is 0 Å². The van der Waals surface area contributed by atoms with Gasteiger partial charge in [0.15, 0.2) is 0 Å². The second-order valence-electron chi connectivity index (χ2n) is 5.92. The van der Waals surface area contributed by atoms with Crippen LogP contribution in [0.1, 0.15) is 12.0 Å². The van der Waals surface area contributed by atoms with Crippen molar-refractivity contribution in [2.24, 2.45) is 0 Å². The van der Waals surface area contributed by atoms with Gasteiger partial charge in [-0.3, -0.25) is 4.79 Å². The Morgan fingerprint density at radius 3 is 2.50 bits per heavy atom. The van der Waals surface area contributed by atoms with Crippen molar-refractivity contribution in [3.8, 4) is 12.1 Å². The maximum absolute atomic E-state index is 12.6. The predicted octanol–water partition coefficient (Wildman–Crippen LogP) is 5.41. The molecule has 0 aliphatic carbocycles. The Balaban J connectivity index is 1.98. The van der Waals surface area contributed by atoms with Gasteiger partial charge in [0.1, 0.15) is 11.6 Å². The molecule has 2 aromatic carbocycles. The van der Waals surface area contributed by atoms with Gasteiger partial charge in [-0.25, -0.2) is 0 Å². The summed E-state index contributed by atoms with van der Waals surface area (Å²) >= 11 is 12.2. The third kappa shape index (κ3) is 4.02. The first kappa shape index (κ1) is 19.5. The van der Waals surface area contributed by atoms with Crippen LogP contribution in [0.15, 0.2) is 54.2 Å². The minimum Gasteiger partial charge on any atom is -0.346 e. The summed E-state index contributed by atoms with van der Waals surface area (Å²) in [6.07, 6.45) is 3.71. The van der Waals surface area contributed by atoms with Gasteiger partial charge >= 0.3 is 0 Å². The van der Waals surface area contributed by atoms with Crippen molar-refractivity contribution < 1.29 is 4.79 Å². The molecule has 0 unspecified atom stereocenters. The number of hydrogen-bond donors (Lipinski definition) is 1. The molecule has 5 nitrogen and oxygen atoms in total. The summed E-state index contributed by atoms with van der Waals surface area (Å²) in [7, 11) is 0. The lowest BCUT2D eigenvalue weighted by Gasteiger charge is -2.08. The van der Waals surface area contributed by atoms with Gasteiger partial charge in [0.05, 0.1) is 28.2 Å². The Labute approximate surface area is 172 Å². The number of para-hydroxylation sites is 2. The summed E-state index contributed by atoms with van der Waals surface area (Å²) in [5.41, 5.74) is 1.81. The minimum absolute atomic E-state index is 0.0841. The van der Waals surface area contributed by atoms with Crippen molar-refractivity contribution in [3.05, 3.63) is 69.8 Å². The van der Waals surface area contributed by atoms with E-state index in [1.54, 1.807) is 18.2 Å². The number of nitrogens with one attached hydrogen (secondary N) is 1. The summed E-state index contributed by atoms with van der Waals surface area (Å²) in [5, 5.41) is 22.4. The van der Waals surface area contributed by atoms with E-state index in [2.05, 4.69) is 11.4 Å². The van der Waals surface area contributed by atoms with Crippen LogP contribution in [0, 0.1) is 22.7 Å². The molecule has 0 saturated heterocycles. The number of anilines is 1. The van der Waals surface area contributed by atoms with Crippen LogP contribution in [0.5, 0.6) is 0 Å². The van der Waals surface area contributed by atoms with Crippen LogP contribution in [0.2, 0.25) is 10.0 Å². The molecule has 1 aromatic heterocycles. The van der Waals surface area contributed by atoms with E-state index in [0.717, 1.165) is 10.9 Å². The standard InChI is InChI=1S/C21H14Cl2N4O/c22-17-6-3-7-18(23)20(17)26-21(28)14(12-25)11-15-13-27(10-4-9-24)19-8-2-1-5-16(15)19/h1-3,5-8,11,13H,4,10H2,(H,26,28)/b14-11+. The summed E-state index contributed by atoms with van der Waals surface area (Å²) in [4.78, 5) is 12.6. The maximum atomic E-state index is 12.6. The molecule has 0 fully saturated rings. The Kier molecular flexibility index (Phi) is 6.01. The van der Waals surface area contributed by atoms with Gasteiger partial charge < -0.3 is 9.88 Å². The van der Waals surface area contributed by atoms with Gasteiger partial charge in [-0.2, -0.15) is 10.5 Å². The highest BCUT2D eigenvalue weighted by atomic mass is 35.5. The Hall–Kier alpha value is -3.25. The second kappa shape index (κ2) is 8.63. The highest BCUT2D eigenvalue weighted by Crippen LogP contribution is 2.30. The molecule has 0 atom stereocenters. The predicted molar refractivity (Wildman–Crippen MR) is 111 cm³/mol. The van der Waals surface area contributed by atoms with Crippen LogP contribution in [-0.2, 0) is 11.3 Å². The quantitative estimate of drug-likeness (QED) is 0.452. The third-order valence-electron chi connectivity index (χ3n) is 4.15. The van der Waals surface area contributed by atoms with E-state index in [0.29, 0.717) is 18.5 Å². The fourth-order valence-electron chi connectivity index (χ4n) is 2.85. The lowest BCUT2D eigenvalue weighted by atomic mass is 10.1. The van der Waals surface area contributed by atoms with Crippen molar-refractivity contribution in [1.82, 2.24) is 4.57 Å². The number of halogens is 2. The summed E-state index contributed by atoms with van der Waals surface area (Å²) < 4.78 is 1.93. The number of rotatable bonds is 5. The number of nitriles is 2. The summed E-state index contributed by atoms with van der Waals surface area (Å²) in [6, 6.07) is 16.5. The summed E-state index contributed by atoms with van der Waals surface area (Å²) in [5.74, 6) is -0.605. The van der Waals surface area contributed by atoms with Crippen molar-refractivity contribution in [2.45, 2.75) is 13.0 Å². The molecule has 1 heterocycles. The zero-order valence-corrected chi connectivity index (χ0v) is 16.1. The topological polar surface area (TPSA) is 81.6 Å². The Bertz CT molecular complexity index is 1150. The van der Waals surface area contributed by atoms with Crippen LogP contribution in [0.4, 0.5) is 5.69 Å². The molecule has 0 aliphatic rings. The number of nitrogens with zero attached hydrogens (tertiary/aromatic N) is 3. The number of carbonyl (C=O) groups excluding carboxylic acids is 1. The smallest absolute Gasteiger partial charge is 0.266 e. The van der Waals surface area contributed by atoms with Gasteiger partial charge in [-0.1, -0.05) is 47.5 Å². The van der Waals surface area contributed by atoms with Crippen LogP contribution in [0.25, 0.3) is 17.0 Å². The Morgan fingerprint density at radius 1 is 1.11 bits per heavy atom. The van der Waals surface area contributed by atoms with Crippen molar-refractivity contribution in [3.63, 3.8) is 0 Å². The van der Waals surface area contributed by atoms with E-state index in [9.17, 15) is 10.1 Å². The molecule has 1 N–H and O–H groups in total. The lowest BCUT2D eigenvalue weighted by Crippen LogP contribution is -2.14. The molecule has 3 aromatic rings. The number of aromatic nitrogens is 1. The highest BCUT2D eigenvalue weighted by Gasteiger charge is 2.15.